The third-order valence-electron chi connectivity index (χ3n) is 3.81. The molecule has 0 saturated heterocycles. The summed E-state index contributed by atoms with van der Waals surface area (Å²) in [4.78, 5) is 4.68. The highest BCUT2D eigenvalue weighted by molar-refractivity contribution is 8.14. The van der Waals surface area contributed by atoms with E-state index in [2.05, 4.69) is 20.2 Å². The Labute approximate surface area is 157 Å². The Hall–Kier alpha value is -2.32. The Morgan fingerprint density at radius 2 is 1.77 bits per heavy atom. The van der Waals surface area contributed by atoms with Crippen molar-refractivity contribution in [2.45, 2.75) is 13.8 Å². The van der Waals surface area contributed by atoms with Gasteiger partial charge in [0.05, 0.1) is 17.7 Å². The summed E-state index contributed by atoms with van der Waals surface area (Å²) in [6.07, 6.45) is 1.13. The molecule has 0 radical (unpaired) electrons. The Morgan fingerprint density at radius 3 is 2.31 bits per heavy atom. The van der Waals surface area contributed by atoms with Crippen LogP contribution in [0.15, 0.2) is 52.6 Å². The average Bonchev–Trinajstić information content (AvgIpc) is 2.58. The molecular weight excluding hydrogens is 368 g/mol. The van der Waals surface area contributed by atoms with E-state index in [1.165, 1.54) is 0 Å². The van der Waals surface area contributed by atoms with Crippen LogP contribution in [0.2, 0.25) is 0 Å². The second-order valence-corrected chi connectivity index (χ2v) is 8.78. The third-order valence-corrected chi connectivity index (χ3v) is 5.29. The van der Waals surface area contributed by atoms with E-state index in [9.17, 15) is 8.42 Å². The van der Waals surface area contributed by atoms with Crippen molar-refractivity contribution < 1.29 is 8.42 Å². The first kappa shape index (κ1) is 18.5. The van der Waals surface area contributed by atoms with E-state index in [1.54, 1.807) is 23.9 Å². The SMILES string of the molecule is Cc1cccc(C)c1N=C1NN=C(c2ccc(NS(C)(=O)=O)cc2)CS1. The smallest absolute Gasteiger partial charge is 0.229 e. The molecule has 6 nitrogen and oxygen atoms in total. The lowest BCUT2D eigenvalue weighted by atomic mass is 10.1. The zero-order chi connectivity index (χ0) is 18.7. The number of hydrogen-bond donors (Lipinski definition) is 2. The van der Waals surface area contributed by atoms with Crippen molar-refractivity contribution in [3.05, 3.63) is 59.2 Å². The number of amidine groups is 1. The lowest BCUT2D eigenvalue weighted by molar-refractivity contribution is 0.607. The number of para-hydroxylation sites is 1. The summed E-state index contributed by atoms with van der Waals surface area (Å²) in [5, 5.41) is 5.18. The maximum Gasteiger partial charge on any atom is 0.229 e. The maximum atomic E-state index is 11.3. The molecular formula is C18H20N4O2S2. The monoisotopic (exact) mass is 388 g/mol. The fourth-order valence-electron chi connectivity index (χ4n) is 2.55. The molecule has 3 rings (SSSR count). The molecule has 2 aromatic rings. The van der Waals surface area contributed by atoms with Gasteiger partial charge < -0.3 is 0 Å². The summed E-state index contributed by atoms with van der Waals surface area (Å²) < 4.78 is 25.0. The molecule has 0 amide bonds. The molecule has 136 valence electrons. The summed E-state index contributed by atoms with van der Waals surface area (Å²) in [5.74, 6) is 0.690. The molecule has 0 atom stereocenters. The second-order valence-electron chi connectivity index (χ2n) is 6.07. The summed E-state index contributed by atoms with van der Waals surface area (Å²) in [6.45, 7) is 4.08. The number of benzene rings is 2. The highest BCUT2D eigenvalue weighted by Gasteiger charge is 2.14. The van der Waals surface area contributed by atoms with Gasteiger partial charge in [0.2, 0.25) is 10.0 Å². The molecule has 0 bridgehead atoms. The summed E-state index contributed by atoms with van der Waals surface area (Å²) in [5.41, 5.74) is 8.60. The molecule has 2 N–H and O–H groups in total. The van der Waals surface area contributed by atoms with Gasteiger partial charge in [0.15, 0.2) is 5.17 Å². The van der Waals surface area contributed by atoms with Gasteiger partial charge >= 0.3 is 0 Å². The molecule has 1 heterocycles. The maximum absolute atomic E-state index is 11.3. The van der Waals surface area contributed by atoms with Gasteiger partial charge in [-0.25, -0.2) is 13.4 Å². The molecule has 0 fully saturated rings. The standard InChI is InChI=1S/C18H20N4O2S2/c1-12-5-4-6-13(2)17(12)19-18-21-20-16(11-25-18)14-7-9-15(10-8-14)22-26(3,23)24/h4-10,22H,11H2,1-3H3,(H,19,21). The number of rotatable bonds is 4. The van der Waals surface area contributed by atoms with Crippen molar-refractivity contribution in [1.29, 1.82) is 0 Å². The molecule has 26 heavy (non-hydrogen) atoms. The third kappa shape index (κ3) is 4.64. The van der Waals surface area contributed by atoms with Crippen molar-refractivity contribution in [2.75, 3.05) is 16.7 Å². The fraction of sp³-hybridized carbons (Fsp3) is 0.222. The lowest BCUT2D eigenvalue weighted by Crippen LogP contribution is -2.25. The molecule has 1 aliphatic rings. The zero-order valence-electron chi connectivity index (χ0n) is 14.8. The molecule has 0 unspecified atom stereocenters. The van der Waals surface area contributed by atoms with E-state index in [0.717, 1.165) is 39.5 Å². The van der Waals surface area contributed by atoms with Crippen LogP contribution in [0.1, 0.15) is 16.7 Å². The van der Waals surface area contributed by atoms with Crippen molar-refractivity contribution in [2.24, 2.45) is 10.1 Å². The number of aryl methyl sites for hydroxylation is 2. The van der Waals surface area contributed by atoms with Crippen LogP contribution in [-0.2, 0) is 10.0 Å². The number of sulfonamides is 1. The summed E-state index contributed by atoms with van der Waals surface area (Å²) in [7, 11) is -3.27. The van der Waals surface area contributed by atoms with Gasteiger partial charge in [0.25, 0.3) is 0 Å². The van der Waals surface area contributed by atoms with Gasteiger partial charge in [-0.1, -0.05) is 42.1 Å². The van der Waals surface area contributed by atoms with Gasteiger partial charge in [-0.2, -0.15) is 5.10 Å². The zero-order valence-corrected chi connectivity index (χ0v) is 16.4. The average molecular weight is 389 g/mol. The van der Waals surface area contributed by atoms with Gasteiger partial charge in [0, 0.05) is 11.4 Å². The predicted octanol–water partition coefficient (Wildman–Crippen LogP) is 3.40. The molecule has 1 aliphatic heterocycles. The first-order chi connectivity index (χ1) is 12.3. The van der Waals surface area contributed by atoms with Crippen molar-refractivity contribution in [1.82, 2.24) is 5.43 Å². The van der Waals surface area contributed by atoms with Gasteiger partial charge in [-0.15, -0.1) is 0 Å². The van der Waals surface area contributed by atoms with Crippen LogP contribution in [0.3, 0.4) is 0 Å². The highest BCUT2D eigenvalue weighted by Crippen LogP contribution is 2.25. The quantitative estimate of drug-likeness (QED) is 0.841. The minimum Gasteiger partial charge on any atom is -0.284 e. The fourth-order valence-corrected chi connectivity index (χ4v) is 3.88. The van der Waals surface area contributed by atoms with E-state index in [-0.39, 0.29) is 0 Å². The van der Waals surface area contributed by atoms with E-state index < -0.39 is 10.0 Å². The largest absolute Gasteiger partial charge is 0.284 e. The van der Waals surface area contributed by atoms with E-state index in [1.807, 2.05) is 44.2 Å². The van der Waals surface area contributed by atoms with Gasteiger partial charge in [-0.05, 0) is 42.7 Å². The second kappa shape index (κ2) is 7.51. The number of nitrogens with zero attached hydrogens (tertiary/aromatic N) is 2. The highest BCUT2D eigenvalue weighted by atomic mass is 32.2. The van der Waals surface area contributed by atoms with Crippen molar-refractivity contribution in [3.8, 4) is 0 Å². The first-order valence-electron chi connectivity index (χ1n) is 8.00. The van der Waals surface area contributed by atoms with Crippen LogP contribution in [0.4, 0.5) is 11.4 Å². The van der Waals surface area contributed by atoms with Crippen LogP contribution < -0.4 is 10.1 Å². The Kier molecular flexibility index (Phi) is 5.33. The number of anilines is 1. The molecule has 0 aliphatic carbocycles. The Morgan fingerprint density at radius 1 is 1.12 bits per heavy atom. The Balaban J connectivity index is 1.74. The van der Waals surface area contributed by atoms with Crippen molar-refractivity contribution in [3.63, 3.8) is 0 Å². The van der Waals surface area contributed by atoms with Crippen LogP contribution >= 0.6 is 11.8 Å². The first-order valence-corrected chi connectivity index (χ1v) is 10.9. The Bertz CT molecular complexity index is 961. The number of nitrogens with one attached hydrogen (secondary N) is 2. The molecule has 0 aromatic heterocycles. The molecule has 8 heteroatoms. The number of hydrazone groups is 1. The van der Waals surface area contributed by atoms with Crippen LogP contribution in [-0.4, -0.2) is 31.3 Å². The molecule has 2 aromatic carbocycles. The van der Waals surface area contributed by atoms with Crippen LogP contribution in [0, 0.1) is 13.8 Å². The predicted molar refractivity (Wildman–Crippen MR) is 110 cm³/mol. The summed E-state index contributed by atoms with van der Waals surface area (Å²) in [6, 6.07) is 13.3. The van der Waals surface area contributed by atoms with E-state index in [0.29, 0.717) is 11.4 Å². The number of aliphatic imine (C=N–C) groups is 1. The van der Waals surface area contributed by atoms with Crippen molar-refractivity contribution >= 4 is 44.0 Å². The minimum atomic E-state index is -3.27. The normalized spacial score (nSPS) is 16.1. The molecule has 0 spiro atoms. The number of hydrogen-bond acceptors (Lipinski definition) is 5. The van der Waals surface area contributed by atoms with Gasteiger partial charge in [-0.3, -0.25) is 10.1 Å². The van der Waals surface area contributed by atoms with E-state index in [4.69, 9.17) is 0 Å². The van der Waals surface area contributed by atoms with Crippen LogP contribution in [0.25, 0.3) is 0 Å². The van der Waals surface area contributed by atoms with Gasteiger partial charge in [0.1, 0.15) is 0 Å². The van der Waals surface area contributed by atoms with E-state index >= 15 is 0 Å². The summed E-state index contributed by atoms with van der Waals surface area (Å²) >= 11 is 1.59. The van der Waals surface area contributed by atoms with Crippen LogP contribution in [0.5, 0.6) is 0 Å². The number of thioether (sulfide) groups is 1. The lowest BCUT2D eigenvalue weighted by Gasteiger charge is -2.16. The molecule has 0 saturated carbocycles. The minimum absolute atomic E-state index is 0.533. The topological polar surface area (TPSA) is 82.9 Å².